The number of carboxylic acids is 1. The van der Waals surface area contributed by atoms with Crippen LogP contribution < -0.4 is 10.6 Å². The Balaban J connectivity index is 1.85. The number of aliphatic carboxylic acids is 1. The van der Waals surface area contributed by atoms with Crippen molar-refractivity contribution in [1.29, 1.82) is 0 Å². The van der Waals surface area contributed by atoms with Gasteiger partial charge in [0.15, 0.2) is 0 Å². The Morgan fingerprint density at radius 1 is 1.52 bits per heavy atom. The van der Waals surface area contributed by atoms with Crippen LogP contribution in [0.3, 0.4) is 0 Å². The van der Waals surface area contributed by atoms with E-state index in [0.29, 0.717) is 31.8 Å². The molecule has 1 aliphatic carbocycles. The van der Waals surface area contributed by atoms with Crippen LogP contribution in [0.1, 0.15) is 32.6 Å². The van der Waals surface area contributed by atoms with E-state index in [1.807, 2.05) is 13.0 Å². The summed E-state index contributed by atoms with van der Waals surface area (Å²) in [7, 11) is 0. The Morgan fingerprint density at radius 2 is 2.33 bits per heavy atom. The highest BCUT2D eigenvalue weighted by Crippen LogP contribution is 2.32. The highest BCUT2D eigenvalue weighted by atomic mass is 16.4. The molecule has 7 heteroatoms. The molecule has 0 bridgehead atoms. The zero-order valence-corrected chi connectivity index (χ0v) is 12.2. The van der Waals surface area contributed by atoms with Crippen LogP contribution in [-0.4, -0.2) is 39.0 Å². The summed E-state index contributed by atoms with van der Waals surface area (Å²) < 4.78 is 1.70. The van der Waals surface area contributed by atoms with E-state index in [2.05, 4.69) is 15.7 Å². The fraction of sp³-hybridized carbons (Fsp3) is 0.643. The Bertz CT molecular complexity index is 488. The summed E-state index contributed by atoms with van der Waals surface area (Å²) in [6.07, 6.45) is 6.27. The highest BCUT2D eigenvalue weighted by molar-refractivity contribution is 5.86. The molecule has 1 aromatic heterocycles. The standard InChI is InChI=1S/C14H22N4O3/c1-11-4-2-5-14(10-11,12(19)20)17-13(21)15-7-9-18-8-3-6-16-18/h3,6,8,11H,2,4-5,7,9-10H2,1H3,(H,19,20)(H2,15,17,21). The van der Waals surface area contributed by atoms with Gasteiger partial charge in [-0.2, -0.15) is 5.10 Å². The summed E-state index contributed by atoms with van der Waals surface area (Å²) in [4.78, 5) is 23.5. The van der Waals surface area contributed by atoms with E-state index in [-0.39, 0.29) is 0 Å². The molecule has 116 valence electrons. The number of hydrogen-bond acceptors (Lipinski definition) is 3. The van der Waals surface area contributed by atoms with Gasteiger partial charge in [-0.25, -0.2) is 9.59 Å². The molecule has 7 nitrogen and oxygen atoms in total. The Morgan fingerprint density at radius 3 is 2.95 bits per heavy atom. The third kappa shape index (κ3) is 3.96. The summed E-state index contributed by atoms with van der Waals surface area (Å²) in [6.45, 7) is 2.98. The van der Waals surface area contributed by atoms with Crippen molar-refractivity contribution in [2.45, 2.75) is 44.7 Å². The van der Waals surface area contributed by atoms with Crippen molar-refractivity contribution in [2.24, 2.45) is 5.92 Å². The maximum Gasteiger partial charge on any atom is 0.329 e. The van der Waals surface area contributed by atoms with Crippen LogP contribution in [0.25, 0.3) is 0 Å². The highest BCUT2D eigenvalue weighted by Gasteiger charge is 2.43. The number of carbonyl (C=O) groups is 2. The number of carbonyl (C=O) groups excluding carboxylic acids is 1. The lowest BCUT2D eigenvalue weighted by atomic mass is 9.76. The Kier molecular flexibility index (Phi) is 4.82. The normalized spacial score (nSPS) is 25.3. The van der Waals surface area contributed by atoms with Crippen molar-refractivity contribution in [2.75, 3.05) is 6.54 Å². The predicted octanol–water partition coefficient (Wildman–Crippen LogP) is 1.22. The predicted molar refractivity (Wildman–Crippen MR) is 76.8 cm³/mol. The van der Waals surface area contributed by atoms with Crippen molar-refractivity contribution in [3.05, 3.63) is 18.5 Å². The quantitative estimate of drug-likeness (QED) is 0.760. The first-order chi connectivity index (χ1) is 10.0. The van der Waals surface area contributed by atoms with Crippen molar-refractivity contribution in [1.82, 2.24) is 20.4 Å². The molecule has 1 aliphatic rings. The van der Waals surface area contributed by atoms with Gasteiger partial charge in [-0.1, -0.05) is 19.8 Å². The second kappa shape index (κ2) is 6.60. The van der Waals surface area contributed by atoms with E-state index in [1.165, 1.54) is 0 Å². The smallest absolute Gasteiger partial charge is 0.329 e. The number of nitrogens with zero attached hydrogens (tertiary/aromatic N) is 2. The van der Waals surface area contributed by atoms with E-state index in [9.17, 15) is 14.7 Å². The van der Waals surface area contributed by atoms with Gasteiger partial charge in [-0.15, -0.1) is 0 Å². The van der Waals surface area contributed by atoms with Crippen molar-refractivity contribution in [3.8, 4) is 0 Å². The molecule has 2 amide bonds. The minimum Gasteiger partial charge on any atom is -0.480 e. The van der Waals surface area contributed by atoms with Gasteiger partial charge in [0.05, 0.1) is 6.54 Å². The maximum absolute atomic E-state index is 11.9. The molecular weight excluding hydrogens is 272 g/mol. The summed E-state index contributed by atoms with van der Waals surface area (Å²) in [6, 6.07) is 1.38. The number of urea groups is 1. The van der Waals surface area contributed by atoms with Crippen LogP contribution in [0.2, 0.25) is 0 Å². The van der Waals surface area contributed by atoms with E-state index < -0.39 is 17.5 Å². The Hall–Kier alpha value is -2.05. The lowest BCUT2D eigenvalue weighted by molar-refractivity contribution is -0.146. The molecule has 1 saturated carbocycles. The first-order valence-electron chi connectivity index (χ1n) is 7.29. The monoisotopic (exact) mass is 294 g/mol. The van der Waals surface area contributed by atoms with Crippen molar-refractivity contribution < 1.29 is 14.7 Å². The van der Waals surface area contributed by atoms with Crippen LogP contribution >= 0.6 is 0 Å². The average Bonchev–Trinajstić information content (AvgIpc) is 2.91. The third-order valence-electron chi connectivity index (χ3n) is 3.95. The minimum absolute atomic E-state index is 0.305. The lowest BCUT2D eigenvalue weighted by Crippen LogP contribution is -2.59. The molecule has 0 radical (unpaired) electrons. The number of hydrogen-bond donors (Lipinski definition) is 3. The molecule has 0 aromatic carbocycles. The molecule has 21 heavy (non-hydrogen) atoms. The summed E-state index contributed by atoms with van der Waals surface area (Å²) >= 11 is 0. The van der Waals surface area contributed by atoms with Gasteiger partial charge in [0, 0.05) is 18.9 Å². The molecule has 1 aromatic rings. The van der Waals surface area contributed by atoms with Crippen LogP contribution in [0.4, 0.5) is 4.79 Å². The second-order valence-corrected chi connectivity index (χ2v) is 5.74. The number of aromatic nitrogens is 2. The van der Waals surface area contributed by atoms with Crippen LogP contribution in [0, 0.1) is 5.92 Å². The van der Waals surface area contributed by atoms with Gasteiger partial charge in [-0.3, -0.25) is 4.68 Å². The average molecular weight is 294 g/mol. The van der Waals surface area contributed by atoms with Gasteiger partial charge in [-0.05, 0) is 24.8 Å². The maximum atomic E-state index is 11.9. The van der Waals surface area contributed by atoms with E-state index >= 15 is 0 Å². The van der Waals surface area contributed by atoms with Gasteiger partial charge in [0.1, 0.15) is 5.54 Å². The first-order valence-corrected chi connectivity index (χ1v) is 7.29. The van der Waals surface area contributed by atoms with Crippen LogP contribution in [0.15, 0.2) is 18.5 Å². The molecule has 2 rings (SSSR count). The van der Waals surface area contributed by atoms with Crippen molar-refractivity contribution >= 4 is 12.0 Å². The molecule has 2 unspecified atom stereocenters. The topological polar surface area (TPSA) is 96.3 Å². The molecule has 1 fully saturated rings. The summed E-state index contributed by atoms with van der Waals surface area (Å²) in [5, 5.41) is 18.9. The number of rotatable bonds is 5. The molecule has 2 atom stereocenters. The molecule has 0 spiro atoms. The summed E-state index contributed by atoms with van der Waals surface area (Å²) in [5.74, 6) is -0.643. The van der Waals surface area contributed by atoms with Crippen LogP contribution in [-0.2, 0) is 11.3 Å². The molecule has 3 N–H and O–H groups in total. The second-order valence-electron chi connectivity index (χ2n) is 5.74. The fourth-order valence-electron chi connectivity index (χ4n) is 2.89. The first kappa shape index (κ1) is 15.3. The Labute approximate surface area is 123 Å². The minimum atomic E-state index is -1.13. The SMILES string of the molecule is CC1CCCC(NC(=O)NCCn2cccn2)(C(=O)O)C1. The third-order valence-corrected chi connectivity index (χ3v) is 3.95. The number of nitrogens with one attached hydrogen (secondary N) is 2. The van der Waals surface area contributed by atoms with Gasteiger partial charge in [0.25, 0.3) is 0 Å². The molecular formula is C14H22N4O3. The van der Waals surface area contributed by atoms with Gasteiger partial charge in [0.2, 0.25) is 0 Å². The van der Waals surface area contributed by atoms with Crippen LogP contribution in [0.5, 0.6) is 0 Å². The van der Waals surface area contributed by atoms with E-state index in [0.717, 1.165) is 12.8 Å². The molecule has 0 saturated heterocycles. The zero-order chi connectivity index (χ0) is 15.3. The zero-order valence-electron chi connectivity index (χ0n) is 12.2. The van der Waals surface area contributed by atoms with Gasteiger partial charge < -0.3 is 15.7 Å². The lowest BCUT2D eigenvalue weighted by Gasteiger charge is -2.37. The van der Waals surface area contributed by atoms with E-state index in [4.69, 9.17) is 0 Å². The number of carboxylic acid groups (broad SMARTS) is 1. The fourth-order valence-corrected chi connectivity index (χ4v) is 2.89. The number of amides is 2. The molecule has 1 heterocycles. The largest absolute Gasteiger partial charge is 0.480 e. The van der Waals surface area contributed by atoms with E-state index in [1.54, 1.807) is 17.1 Å². The van der Waals surface area contributed by atoms with Gasteiger partial charge >= 0.3 is 12.0 Å². The summed E-state index contributed by atoms with van der Waals surface area (Å²) in [5.41, 5.74) is -1.13. The molecule has 0 aliphatic heterocycles. The van der Waals surface area contributed by atoms with Crippen molar-refractivity contribution in [3.63, 3.8) is 0 Å².